The standard InChI is InChI=1S/C5H10O.CHNO/c1-2-4-6-5-3-1;2-1-3/h1-5H2;3H. The van der Waals surface area contributed by atoms with Gasteiger partial charge in [0.1, 0.15) is 0 Å². The Hall–Kier alpha value is -0.750. The molecule has 0 saturated carbocycles. The van der Waals surface area contributed by atoms with E-state index in [1.807, 2.05) is 0 Å². The fraction of sp³-hybridized carbons (Fsp3) is 0.833. The van der Waals surface area contributed by atoms with Crippen molar-refractivity contribution < 1.29 is 9.84 Å². The summed E-state index contributed by atoms with van der Waals surface area (Å²) in [5.74, 6) is 0. The average molecular weight is 129 g/mol. The fourth-order valence-corrected chi connectivity index (χ4v) is 0.687. The lowest BCUT2D eigenvalue weighted by Gasteiger charge is -2.08. The van der Waals surface area contributed by atoms with Crippen LogP contribution in [-0.2, 0) is 4.74 Å². The second kappa shape index (κ2) is 7.25. The molecule has 1 aliphatic heterocycles. The molecule has 0 aliphatic carbocycles. The minimum Gasteiger partial charge on any atom is -0.443 e. The van der Waals surface area contributed by atoms with Gasteiger partial charge in [-0.2, -0.15) is 5.26 Å². The molecule has 0 atom stereocenters. The van der Waals surface area contributed by atoms with Crippen molar-refractivity contribution in [2.75, 3.05) is 13.2 Å². The summed E-state index contributed by atoms with van der Waals surface area (Å²) in [6.07, 6.45) is 4.68. The van der Waals surface area contributed by atoms with Gasteiger partial charge in [-0.05, 0) is 19.3 Å². The molecule has 9 heavy (non-hydrogen) atoms. The third-order valence-corrected chi connectivity index (χ3v) is 1.08. The van der Waals surface area contributed by atoms with Crippen LogP contribution in [0.2, 0.25) is 0 Å². The summed E-state index contributed by atoms with van der Waals surface area (Å²) in [5.41, 5.74) is 0. The zero-order valence-electron chi connectivity index (χ0n) is 5.34. The minimum atomic E-state index is 0.750. The van der Waals surface area contributed by atoms with Gasteiger partial charge in [-0.3, -0.25) is 0 Å². The fourth-order valence-electron chi connectivity index (χ4n) is 0.687. The first-order chi connectivity index (χ1) is 4.41. The number of ether oxygens (including phenoxy) is 1. The predicted molar refractivity (Wildman–Crippen MR) is 32.2 cm³/mol. The Bertz CT molecular complexity index is 72.0. The Balaban J connectivity index is 0.000000187. The molecule has 52 valence electrons. The summed E-state index contributed by atoms with van der Waals surface area (Å²) < 4.78 is 5.07. The average Bonchev–Trinajstić information content (AvgIpc) is 1.93. The van der Waals surface area contributed by atoms with Crippen LogP contribution in [0.1, 0.15) is 19.3 Å². The summed E-state index contributed by atoms with van der Waals surface area (Å²) in [7, 11) is 0. The Morgan fingerprint density at radius 1 is 1.22 bits per heavy atom. The van der Waals surface area contributed by atoms with Crippen LogP contribution >= 0.6 is 0 Å². The highest BCUT2D eigenvalue weighted by atomic mass is 16.5. The quantitative estimate of drug-likeness (QED) is 0.497. The summed E-state index contributed by atoms with van der Waals surface area (Å²) in [5, 5.41) is 13.8. The van der Waals surface area contributed by atoms with E-state index in [-0.39, 0.29) is 0 Å². The summed E-state index contributed by atoms with van der Waals surface area (Å²) in [6, 6.07) is 0. The normalized spacial score (nSPS) is 16.8. The van der Waals surface area contributed by atoms with Gasteiger partial charge in [0.2, 0.25) is 0 Å². The molecule has 1 aliphatic rings. The molecular weight excluding hydrogens is 118 g/mol. The van der Waals surface area contributed by atoms with Gasteiger partial charge in [-0.25, -0.2) is 0 Å². The summed E-state index contributed by atoms with van der Waals surface area (Å²) >= 11 is 0. The van der Waals surface area contributed by atoms with Crippen molar-refractivity contribution in [1.82, 2.24) is 0 Å². The van der Waals surface area contributed by atoms with Gasteiger partial charge in [0, 0.05) is 13.2 Å². The third-order valence-electron chi connectivity index (χ3n) is 1.08. The summed E-state index contributed by atoms with van der Waals surface area (Å²) in [6.45, 7) is 2.00. The van der Waals surface area contributed by atoms with Gasteiger partial charge in [0.05, 0.1) is 0 Å². The Morgan fingerprint density at radius 2 is 1.67 bits per heavy atom. The molecule has 1 rings (SSSR count). The highest BCUT2D eigenvalue weighted by Gasteiger charge is 1.94. The van der Waals surface area contributed by atoms with Crippen molar-refractivity contribution in [2.24, 2.45) is 0 Å². The van der Waals surface area contributed by atoms with E-state index in [2.05, 4.69) is 0 Å². The van der Waals surface area contributed by atoms with Gasteiger partial charge in [-0.15, -0.1) is 0 Å². The lowest BCUT2D eigenvalue weighted by atomic mass is 10.2. The van der Waals surface area contributed by atoms with Crippen LogP contribution in [0.25, 0.3) is 0 Å². The maximum atomic E-state index is 6.88. The zero-order chi connectivity index (χ0) is 6.95. The van der Waals surface area contributed by atoms with Crippen LogP contribution < -0.4 is 0 Å². The van der Waals surface area contributed by atoms with Crippen LogP contribution in [0, 0.1) is 11.5 Å². The van der Waals surface area contributed by atoms with Gasteiger partial charge >= 0.3 is 0 Å². The predicted octanol–water partition coefficient (Wildman–Crippen LogP) is 1.03. The number of nitrogens with zero attached hydrogens (tertiary/aromatic N) is 1. The first kappa shape index (κ1) is 8.25. The van der Waals surface area contributed by atoms with E-state index >= 15 is 0 Å². The number of aliphatic hydroxyl groups excluding tert-OH is 1. The lowest BCUT2D eigenvalue weighted by Crippen LogP contribution is -2.03. The number of hydrogen-bond donors (Lipinski definition) is 1. The molecule has 3 heteroatoms. The monoisotopic (exact) mass is 129 g/mol. The van der Waals surface area contributed by atoms with Gasteiger partial charge in [-0.1, -0.05) is 0 Å². The molecule has 1 saturated heterocycles. The lowest BCUT2D eigenvalue weighted by molar-refractivity contribution is 0.0968. The molecule has 0 bridgehead atoms. The van der Waals surface area contributed by atoms with E-state index in [9.17, 15) is 0 Å². The number of aliphatic hydroxyl groups is 1. The maximum Gasteiger partial charge on any atom is 0.283 e. The zero-order valence-corrected chi connectivity index (χ0v) is 5.34. The smallest absolute Gasteiger partial charge is 0.283 e. The molecule has 0 amide bonds. The molecule has 1 N–H and O–H groups in total. The Morgan fingerprint density at radius 3 is 1.78 bits per heavy atom. The highest BCUT2D eigenvalue weighted by Crippen LogP contribution is 2.02. The van der Waals surface area contributed by atoms with Crippen LogP contribution in [0.3, 0.4) is 0 Å². The molecule has 0 unspecified atom stereocenters. The second-order valence-corrected chi connectivity index (χ2v) is 1.77. The SMILES string of the molecule is C1CCOCC1.N#CO. The first-order valence-electron chi connectivity index (χ1n) is 3.02. The van der Waals surface area contributed by atoms with Gasteiger partial charge in [0.15, 0.2) is 0 Å². The molecule has 0 aromatic rings. The molecule has 1 fully saturated rings. The maximum absolute atomic E-state index is 6.88. The molecule has 0 aromatic carbocycles. The van der Waals surface area contributed by atoms with Crippen molar-refractivity contribution in [1.29, 1.82) is 5.26 Å². The number of hydrogen-bond acceptors (Lipinski definition) is 3. The van der Waals surface area contributed by atoms with Crippen LogP contribution in [0.5, 0.6) is 0 Å². The van der Waals surface area contributed by atoms with Crippen LogP contribution in [-0.4, -0.2) is 18.3 Å². The third kappa shape index (κ3) is 7.25. The molecule has 1 heterocycles. The summed E-state index contributed by atoms with van der Waals surface area (Å²) in [4.78, 5) is 0. The van der Waals surface area contributed by atoms with Crippen molar-refractivity contribution in [3.8, 4) is 6.26 Å². The highest BCUT2D eigenvalue weighted by molar-refractivity contribution is 4.45. The second-order valence-electron chi connectivity index (χ2n) is 1.77. The van der Waals surface area contributed by atoms with Crippen molar-refractivity contribution in [3.63, 3.8) is 0 Å². The molecule has 0 spiro atoms. The van der Waals surface area contributed by atoms with E-state index in [0.717, 1.165) is 19.5 Å². The van der Waals surface area contributed by atoms with Crippen molar-refractivity contribution in [2.45, 2.75) is 19.3 Å². The van der Waals surface area contributed by atoms with Gasteiger partial charge < -0.3 is 9.84 Å². The van der Waals surface area contributed by atoms with E-state index < -0.39 is 0 Å². The first-order valence-corrected chi connectivity index (χ1v) is 3.02. The number of rotatable bonds is 0. The van der Waals surface area contributed by atoms with Crippen molar-refractivity contribution in [3.05, 3.63) is 0 Å². The number of nitriles is 1. The molecule has 3 nitrogen and oxygen atoms in total. The largest absolute Gasteiger partial charge is 0.443 e. The molecular formula is C6H11NO2. The Labute approximate surface area is 54.9 Å². The molecule has 0 radical (unpaired) electrons. The minimum absolute atomic E-state index is 0.750. The Kier molecular flexibility index (Phi) is 6.65. The van der Waals surface area contributed by atoms with Gasteiger partial charge in [0.25, 0.3) is 6.26 Å². The van der Waals surface area contributed by atoms with Crippen LogP contribution in [0.4, 0.5) is 0 Å². The van der Waals surface area contributed by atoms with E-state index in [4.69, 9.17) is 15.1 Å². The van der Waals surface area contributed by atoms with E-state index in [0.29, 0.717) is 0 Å². The van der Waals surface area contributed by atoms with Crippen molar-refractivity contribution >= 4 is 0 Å². The van der Waals surface area contributed by atoms with E-state index in [1.165, 1.54) is 19.3 Å². The van der Waals surface area contributed by atoms with Crippen LogP contribution in [0.15, 0.2) is 0 Å². The van der Waals surface area contributed by atoms with E-state index in [1.54, 1.807) is 0 Å². The topological polar surface area (TPSA) is 53.2 Å². The molecule has 0 aromatic heterocycles.